The van der Waals surface area contributed by atoms with Gasteiger partial charge >= 0.3 is 5.97 Å². The normalized spacial score (nSPS) is 16.6. The highest BCUT2D eigenvalue weighted by molar-refractivity contribution is 7.98. The van der Waals surface area contributed by atoms with Crippen molar-refractivity contribution in [2.75, 3.05) is 32.6 Å². The summed E-state index contributed by atoms with van der Waals surface area (Å²) in [5, 5.41) is 4.50. The molecule has 1 atom stereocenters. The molecule has 1 aromatic carbocycles. The topological polar surface area (TPSA) is 51.1 Å². The Morgan fingerprint density at radius 2 is 1.84 bits per heavy atom. The molecule has 5 nitrogen and oxygen atoms in total. The van der Waals surface area contributed by atoms with Gasteiger partial charge in [0.25, 0.3) is 0 Å². The molecule has 32 heavy (non-hydrogen) atoms. The number of carbonyl (C=O) groups is 1. The minimum atomic E-state index is -0.350. The molecule has 1 saturated heterocycles. The zero-order valence-electron chi connectivity index (χ0n) is 20.7. The molecule has 0 N–H and O–H groups in total. The van der Waals surface area contributed by atoms with Crippen molar-refractivity contribution in [3.63, 3.8) is 0 Å². The van der Waals surface area contributed by atoms with Crippen LogP contribution >= 0.6 is 11.8 Å². The summed E-state index contributed by atoms with van der Waals surface area (Å²) in [4.78, 5) is 21.5. The fourth-order valence-corrected chi connectivity index (χ4v) is 4.58. The van der Waals surface area contributed by atoms with E-state index in [0.717, 1.165) is 43.6 Å². The molecule has 0 spiro atoms. The summed E-state index contributed by atoms with van der Waals surface area (Å²) in [6.45, 7) is 11.1. The predicted octanol–water partition coefficient (Wildman–Crippen LogP) is 6.15. The Morgan fingerprint density at radius 3 is 2.44 bits per heavy atom. The first kappa shape index (κ1) is 26.7. The van der Waals surface area contributed by atoms with Crippen LogP contribution in [0.4, 0.5) is 0 Å². The standard InChI is InChI=1S/C26H42N2O3S/c1-6-8-12-21(7-2)19-30-24(29)20-31-27-25(22-13-15-23(32-5)16-14-22)26(3,4)28-17-10-9-11-18-28/h13-16,21H,6-12,17-20H2,1-5H3. The molecular weight excluding hydrogens is 420 g/mol. The van der Waals surface area contributed by atoms with Crippen LogP contribution in [0.1, 0.15) is 78.2 Å². The van der Waals surface area contributed by atoms with Gasteiger partial charge in [-0.05, 0) is 70.5 Å². The number of rotatable bonds is 13. The maximum Gasteiger partial charge on any atom is 0.347 e. The van der Waals surface area contributed by atoms with Crippen molar-refractivity contribution in [2.24, 2.45) is 11.1 Å². The number of nitrogens with zero attached hydrogens (tertiary/aromatic N) is 2. The number of oxime groups is 1. The highest BCUT2D eigenvalue weighted by Gasteiger charge is 2.34. The highest BCUT2D eigenvalue weighted by atomic mass is 32.2. The van der Waals surface area contributed by atoms with E-state index < -0.39 is 0 Å². The molecule has 1 unspecified atom stereocenters. The fraction of sp³-hybridized carbons (Fsp3) is 0.692. The minimum Gasteiger partial charge on any atom is -0.463 e. The molecule has 2 rings (SSSR count). The summed E-state index contributed by atoms with van der Waals surface area (Å²) in [5.74, 6) is 0.0718. The van der Waals surface area contributed by atoms with Gasteiger partial charge in [-0.2, -0.15) is 0 Å². The molecule has 1 aliphatic rings. The molecule has 0 aromatic heterocycles. The molecule has 1 aliphatic heterocycles. The third-order valence-corrected chi connectivity index (χ3v) is 7.19. The third kappa shape index (κ3) is 8.11. The first-order valence-corrected chi connectivity index (χ1v) is 13.4. The monoisotopic (exact) mass is 462 g/mol. The lowest BCUT2D eigenvalue weighted by Crippen LogP contribution is -2.52. The van der Waals surface area contributed by atoms with Crippen molar-refractivity contribution in [2.45, 2.75) is 83.1 Å². The predicted molar refractivity (Wildman–Crippen MR) is 134 cm³/mol. The van der Waals surface area contributed by atoms with Gasteiger partial charge in [-0.25, -0.2) is 4.79 Å². The number of esters is 1. The fourth-order valence-electron chi connectivity index (χ4n) is 4.17. The Labute approximate surface area is 199 Å². The van der Waals surface area contributed by atoms with E-state index in [9.17, 15) is 4.79 Å². The number of unbranched alkanes of at least 4 members (excludes halogenated alkanes) is 1. The first-order valence-electron chi connectivity index (χ1n) is 12.2. The number of thioether (sulfide) groups is 1. The van der Waals surface area contributed by atoms with Crippen molar-refractivity contribution in [3.05, 3.63) is 29.8 Å². The van der Waals surface area contributed by atoms with Crippen molar-refractivity contribution in [1.82, 2.24) is 4.90 Å². The average molecular weight is 463 g/mol. The van der Waals surface area contributed by atoms with E-state index in [0.29, 0.717) is 12.5 Å². The number of carbonyl (C=O) groups excluding carboxylic acids is 1. The molecule has 1 aromatic rings. The van der Waals surface area contributed by atoms with E-state index in [2.05, 4.69) is 68.3 Å². The van der Waals surface area contributed by atoms with Gasteiger partial charge in [-0.15, -0.1) is 11.8 Å². The summed E-state index contributed by atoms with van der Waals surface area (Å²) in [7, 11) is 0. The van der Waals surface area contributed by atoms with E-state index in [1.165, 1.54) is 30.6 Å². The van der Waals surface area contributed by atoms with Crippen LogP contribution in [0.2, 0.25) is 0 Å². The zero-order valence-corrected chi connectivity index (χ0v) is 21.5. The Bertz CT molecular complexity index is 712. The number of benzene rings is 1. The second-order valence-corrected chi connectivity index (χ2v) is 10.0. The Kier molecular flexibility index (Phi) is 11.6. The lowest BCUT2D eigenvalue weighted by molar-refractivity contribution is -0.150. The summed E-state index contributed by atoms with van der Waals surface area (Å²) >= 11 is 1.72. The van der Waals surface area contributed by atoms with Crippen molar-refractivity contribution < 1.29 is 14.4 Å². The van der Waals surface area contributed by atoms with Crippen LogP contribution in [0.5, 0.6) is 0 Å². The first-order chi connectivity index (χ1) is 15.4. The van der Waals surface area contributed by atoms with Crippen molar-refractivity contribution in [1.29, 1.82) is 0 Å². The minimum absolute atomic E-state index is 0.160. The van der Waals surface area contributed by atoms with Crippen LogP contribution < -0.4 is 0 Å². The quantitative estimate of drug-likeness (QED) is 0.152. The molecule has 0 amide bonds. The summed E-state index contributed by atoms with van der Waals surface area (Å²) in [6.07, 6.45) is 10.2. The number of hydrogen-bond donors (Lipinski definition) is 0. The summed E-state index contributed by atoms with van der Waals surface area (Å²) in [5.41, 5.74) is 1.59. The Balaban J connectivity index is 2.07. The summed E-state index contributed by atoms with van der Waals surface area (Å²) < 4.78 is 5.47. The van der Waals surface area contributed by atoms with E-state index in [1.54, 1.807) is 11.8 Å². The number of hydrogen-bond acceptors (Lipinski definition) is 6. The van der Waals surface area contributed by atoms with Crippen LogP contribution in [-0.2, 0) is 14.4 Å². The second-order valence-electron chi connectivity index (χ2n) is 9.15. The maximum absolute atomic E-state index is 12.3. The van der Waals surface area contributed by atoms with Crippen LogP contribution in [0.15, 0.2) is 34.3 Å². The average Bonchev–Trinajstić information content (AvgIpc) is 2.82. The van der Waals surface area contributed by atoms with Crippen molar-refractivity contribution >= 4 is 23.4 Å². The van der Waals surface area contributed by atoms with Gasteiger partial charge in [-0.3, -0.25) is 4.90 Å². The molecule has 0 saturated carbocycles. The lowest BCUT2D eigenvalue weighted by atomic mass is 9.88. The molecule has 0 bridgehead atoms. The van der Waals surface area contributed by atoms with Gasteiger partial charge in [0.2, 0.25) is 6.61 Å². The molecule has 0 radical (unpaired) electrons. The van der Waals surface area contributed by atoms with Crippen LogP contribution in [0.25, 0.3) is 0 Å². The smallest absolute Gasteiger partial charge is 0.347 e. The Morgan fingerprint density at radius 1 is 1.16 bits per heavy atom. The van der Waals surface area contributed by atoms with E-state index in [-0.39, 0.29) is 18.1 Å². The highest BCUT2D eigenvalue weighted by Crippen LogP contribution is 2.27. The van der Waals surface area contributed by atoms with Gasteiger partial charge < -0.3 is 9.57 Å². The second kappa shape index (κ2) is 13.9. The van der Waals surface area contributed by atoms with Crippen LogP contribution in [0, 0.1) is 5.92 Å². The third-order valence-electron chi connectivity index (χ3n) is 6.45. The van der Waals surface area contributed by atoms with Gasteiger partial charge in [-0.1, -0.05) is 56.8 Å². The molecule has 0 aliphatic carbocycles. The van der Waals surface area contributed by atoms with Gasteiger partial charge in [0.15, 0.2) is 0 Å². The van der Waals surface area contributed by atoms with Crippen LogP contribution in [0.3, 0.4) is 0 Å². The molecule has 6 heteroatoms. The van der Waals surface area contributed by atoms with Crippen molar-refractivity contribution in [3.8, 4) is 0 Å². The van der Waals surface area contributed by atoms with E-state index in [4.69, 9.17) is 9.57 Å². The summed E-state index contributed by atoms with van der Waals surface area (Å²) in [6, 6.07) is 8.41. The van der Waals surface area contributed by atoms with Crippen LogP contribution in [-0.4, -0.2) is 54.7 Å². The van der Waals surface area contributed by atoms with Gasteiger partial charge in [0.05, 0.1) is 12.1 Å². The number of piperidine rings is 1. The largest absolute Gasteiger partial charge is 0.463 e. The molecule has 180 valence electrons. The lowest BCUT2D eigenvalue weighted by Gasteiger charge is -2.41. The van der Waals surface area contributed by atoms with Gasteiger partial charge in [0.1, 0.15) is 5.71 Å². The molecular formula is C26H42N2O3S. The SMILES string of the molecule is CCCCC(CC)COC(=O)CON=C(c1ccc(SC)cc1)C(C)(C)N1CCCCC1. The van der Waals surface area contributed by atoms with E-state index in [1.807, 2.05) is 0 Å². The molecule has 1 fully saturated rings. The zero-order chi connectivity index (χ0) is 23.4. The maximum atomic E-state index is 12.3. The number of ether oxygens (including phenoxy) is 1. The molecule has 1 heterocycles. The van der Waals surface area contributed by atoms with Gasteiger partial charge in [0, 0.05) is 10.5 Å². The van der Waals surface area contributed by atoms with E-state index >= 15 is 0 Å². The number of likely N-dealkylation sites (tertiary alicyclic amines) is 1. The Hall–Kier alpha value is -1.53.